The van der Waals surface area contributed by atoms with Gasteiger partial charge in [0.25, 0.3) is 0 Å². The van der Waals surface area contributed by atoms with Gasteiger partial charge >= 0.3 is 5.97 Å². The van der Waals surface area contributed by atoms with Crippen LogP contribution >= 0.6 is 0 Å². The Labute approximate surface area is 114 Å². The molecule has 0 saturated carbocycles. The molecule has 19 heavy (non-hydrogen) atoms. The standard InChI is InChI=1S/C16H22O3/c1-3-16(18)19-13(2)15(17)12-8-7-11-14-9-5-4-6-10-14/h3-6,9-10,13,15,17H,1,7-8,11-12H2,2H3. The SMILES string of the molecule is C=CC(=O)OC(C)C(O)CCCCc1ccccc1. The fourth-order valence-corrected chi connectivity index (χ4v) is 1.87. The van der Waals surface area contributed by atoms with E-state index in [2.05, 4.69) is 18.7 Å². The summed E-state index contributed by atoms with van der Waals surface area (Å²) in [7, 11) is 0. The lowest BCUT2D eigenvalue weighted by Crippen LogP contribution is -2.27. The molecule has 0 amide bonds. The number of ether oxygens (including phenoxy) is 1. The van der Waals surface area contributed by atoms with E-state index in [4.69, 9.17) is 4.74 Å². The Morgan fingerprint density at radius 2 is 2.05 bits per heavy atom. The van der Waals surface area contributed by atoms with Gasteiger partial charge in [0.2, 0.25) is 0 Å². The summed E-state index contributed by atoms with van der Waals surface area (Å²) >= 11 is 0. The van der Waals surface area contributed by atoms with Crippen LogP contribution in [0.2, 0.25) is 0 Å². The van der Waals surface area contributed by atoms with Gasteiger partial charge in [-0.25, -0.2) is 4.79 Å². The Morgan fingerprint density at radius 1 is 1.37 bits per heavy atom. The maximum Gasteiger partial charge on any atom is 0.330 e. The number of esters is 1. The van der Waals surface area contributed by atoms with Crippen LogP contribution < -0.4 is 0 Å². The van der Waals surface area contributed by atoms with Gasteiger partial charge in [-0.1, -0.05) is 43.3 Å². The molecule has 1 aromatic carbocycles. The van der Waals surface area contributed by atoms with Gasteiger partial charge in [-0.05, 0) is 31.7 Å². The van der Waals surface area contributed by atoms with E-state index in [1.807, 2.05) is 18.2 Å². The van der Waals surface area contributed by atoms with Crippen molar-refractivity contribution in [1.29, 1.82) is 0 Å². The maximum absolute atomic E-state index is 11.0. The first kappa shape index (κ1) is 15.4. The van der Waals surface area contributed by atoms with Crippen molar-refractivity contribution in [2.45, 2.75) is 44.8 Å². The average Bonchev–Trinajstić information content (AvgIpc) is 2.44. The monoisotopic (exact) mass is 262 g/mol. The average molecular weight is 262 g/mol. The minimum Gasteiger partial charge on any atom is -0.457 e. The van der Waals surface area contributed by atoms with Crippen molar-refractivity contribution < 1.29 is 14.6 Å². The van der Waals surface area contributed by atoms with Gasteiger partial charge < -0.3 is 9.84 Å². The molecule has 1 aromatic rings. The van der Waals surface area contributed by atoms with Crippen LogP contribution in [0.5, 0.6) is 0 Å². The van der Waals surface area contributed by atoms with E-state index < -0.39 is 18.2 Å². The topological polar surface area (TPSA) is 46.5 Å². The maximum atomic E-state index is 11.0. The summed E-state index contributed by atoms with van der Waals surface area (Å²) in [5.41, 5.74) is 1.31. The highest BCUT2D eigenvalue weighted by atomic mass is 16.6. The third-order valence-electron chi connectivity index (χ3n) is 3.07. The molecule has 2 unspecified atom stereocenters. The summed E-state index contributed by atoms with van der Waals surface area (Å²) in [6.45, 7) is 5.02. The molecule has 2 atom stereocenters. The van der Waals surface area contributed by atoms with Crippen molar-refractivity contribution >= 4 is 5.97 Å². The van der Waals surface area contributed by atoms with E-state index in [9.17, 15) is 9.90 Å². The molecule has 0 fully saturated rings. The van der Waals surface area contributed by atoms with E-state index in [1.54, 1.807) is 6.92 Å². The highest BCUT2D eigenvalue weighted by Crippen LogP contribution is 2.11. The highest BCUT2D eigenvalue weighted by molar-refractivity contribution is 5.81. The smallest absolute Gasteiger partial charge is 0.330 e. The first-order valence-corrected chi connectivity index (χ1v) is 6.68. The second-order valence-corrected chi connectivity index (χ2v) is 4.64. The molecule has 0 aliphatic carbocycles. The summed E-state index contributed by atoms with van der Waals surface area (Å²) in [6, 6.07) is 10.3. The predicted octanol–water partition coefficient (Wildman–Crippen LogP) is 2.88. The number of aliphatic hydroxyl groups is 1. The van der Waals surface area contributed by atoms with Crippen molar-refractivity contribution in [3.05, 3.63) is 48.6 Å². The number of aliphatic hydroxyl groups excluding tert-OH is 1. The zero-order valence-electron chi connectivity index (χ0n) is 11.4. The molecular weight excluding hydrogens is 240 g/mol. The van der Waals surface area contributed by atoms with Crippen LogP contribution in [0.3, 0.4) is 0 Å². The normalized spacial score (nSPS) is 13.6. The first-order valence-electron chi connectivity index (χ1n) is 6.68. The summed E-state index contributed by atoms with van der Waals surface area (Å²) in [5.74, 6) is -0.490. The number of rotatable bonds is 8. The molecule has 3 heteroatoms. The highest BCUT2D eigenvalue weighted by Gasteiger charge is 2.16. The molecule has 104 valence electrons. The minimum atomic E-state index is -0.611. The summed E-state index contributed by atoms with van der Waals surface area (Å²) < 4.78 is 4.97. The minimum absolute atomic E-state index is 0.484. The number of aryl methyl sites for hydroxylation is 1. The molecule has 0 aliphatic heterocycles. The molecule has 0 aliphatic rings. The Kier molecular flexibility index (Phi) is 6.90. The third-order valence-corrected chi connectivity index (χ3v) is 3.07. The molecule has 0 spiro atoms. The Morgan fingerprint density at radius 3 is 2.68 bits per heavy atom. The number of benzene rings is 1. The molecular formula is C16H22O3. The number of carbonyl (C=O) groups excluding carboxylic acids is 1. The molecule has 0 aromatic heterocycles. The van der Waals surface area contributed by atoms with Crippen molar-refractivity contribution in [1.82, 2.24) is 0 Å². The Bertz CT molecular complexity index is 386. The zero-order valence-corrected chi connectivity index (χ0v) is 11.4. The molecule has 0 radical (unpaired) electrons. The fraction of sp³-hybridized carbons (Fsp3) is 0.438. The van der Waals surface area contributed by atoms with Crippen molar-refractivity contribution in [2.24, 2.45) is 0 Å². The molecule has 3 nitrogen and oxygen atoms in total. The molecule has 0 saturated heterocycles. The lowest BCUT2D eigenvalue weighted by Gasteiger charge is -2.18. The van der Waals surface area contributed by atoms with E-state index in [1.165, 1.54) is 5.56 Å². The zero-order chi connectivity index (χ0) is 14.1. The number of hydrogen-bond acceptors (Lipinski definition) is 3. The lowest BCUT2D eigenvalue weighted by molar-refractivity contribution is -0.147. The Balaban J connectivity index is 2.18. The summed E-state index contributed by atoms with van der Waals surface area (Å²) in [5, 5.41) is 9.85. The van der Waals surface area contributed by atoms with Crippen LogP contribution in [0.15, 0.2) is 43.0 Å². The lowest BCUT2D eigenvalue weighted by atomic mass is 10.0. The van der Waals surface area contributed by atoms with Crippen LogP contribution in [-0.2, 0) is 16.0 Å². The van der Waals surface area contributed by atoms with Gasteiger partial charge in [0.05, 0.1) is 6.10 Å². The first-order chi connectivity index (χ1) is 9.13. The van der Waals surface area contributed by atoms with Gasteiger partial charge in [-0.3, -0.25) is 0 Å². The largest absolute Gasteiger partial charge is 0.457 e. The van der Waals surface area contributed by atoms with Gasteiger partial charge in [-0.2, -0.15) is 0 Å². The van der Waals surface area contributed by atoms with E-state index in [0.717, 1.165) is 25.3 Å². The molecule has 1 rings (SSSR count). The summed E-state index contributed by atoms with van der Waals surface area (Å²) in [4.78, 5) is 11.0. The van der Waals surface area contributed by atoms with E-state index >= 15 is 0 Å². The van der Waals surface area contributed by atoms with Crippen molar-refractivity contribution in [3.8, 4) is 0 Å². The van der Waals surface area contributed by atoms with Crippen molar-refractivity contribution in [3.63, 3.8) is 0 Å². The van der Waals surface area contributed by atoms with E-state index in [0.29, 0.717) is 6.42 Å². The van der Waals surface area contributed by atoms with Gasteiger partial charge in [0.1, 0.15) is 6.10 Å². The fourth-order valence-electron chi connectivity index (χ4n) is 1.87. The van der Waals surface area contributed by atoms with Gasteiger partial charge in [0, 0.05) is 6.08 Å². The van der Waals surface area contributed by atoms with Crippen LogP contribution in [0.25, 0.3) is 0 Å². The summed E-state index contributed by atoms with van der Waals surface area (Å²) in [6.07, 6.45) is 3.59. The van der Waals surface area contributed by atoms with Crippen LogP contribution in [-0.4, -0.2) is 23.3 Å². The second-order valence-electron chi connectivity index (χ2n) is 4.64. The molecule has 1 N–H and O–H groups in total. The van der Waals surface area contributed by atoms with Gasteiger partial charge in [-0.15, -0.1) is 0 Å². The quantitative estimate of drug-likeness (QED) is 0.445. The van der Waals surface area contributed by atoms with Crippen molar-refractivity contribution in [2.75, 3.05) is 0 Å². The Hall–Kier alpha value is -1.61. The number of carbonyl (C=O) groups is 1. The number of unbranched alkanes of at least 4 members (excludes halogenated alkanes) is 1. The molecule has 0 heterocycles. The van der Waals surface area contributed by atoms with Crippen LogP contribution in [0.1, 0.15) is 31.7 Å². The van der Waals surface area contributed by atoms with E-state index in [-0.39, 0.29) is 0 Å². The third kappa shape index (κ3) is 6.20. The molecule has 0 bridgehead atoms. The number of hydrogen-bond donors (Lipinski definition) is 1. The second kappa shape index (κ2) is 8.48. The van der Waals surface area contributed by atoms with Crippen LogP contribution in [0, 0.1) is 0 Å². The van der Waals surface area contributed by atoms with Gasteiger partial charge in [0.15, 0.2) is 0 Å². The predicted molar refractivity (Wildman–Crippen MR) is 75.8 cm³/mol. The van der Waals surface area contributed by atoms with Crippen LogP contribution in [0.4, 0.5) is 0 Å².